The Bertz CT molecular complexity index is 469. The number of hydrogen-bond acceptors (Lipinski definition) is 4. The monoisotopic (exact) mass is 405 g/mol. The molecule has 1 unspecified atom stereocenters. The van der Waals surface area contributed by atoms with Crippen molar-refractivity contribution >= 4 is 0 Å². The first-order chi connectivity index (χ1) is 14.1. The van der Waals surface area contributed by atoms with Crippen LogP contribution in [0.3, 0.4) is 0 Å². The molecule has 3 aliphatic rings. The third-order valence-corrected chi connectivity index (χ3v) is 7.88. The topological polar surface area (TPSA) is 31.0 Å². The van der Waals surface area contributed by atoms with Crippen LogP contribution in [0.25, 0.3) is 0 Å². The summed E-state index contributed by atoms with van der Waals surface area (Å²) in [6.07, 6.45) is 16.7. The molecule has 0 aromatic rings. The van der Waals surface area contributed by atoms with Crippen LogP contribution in [-0.4, -0.2) is 52.4 Å². The predicted molar refractivity (Wildman–Crippen MR) is 124 cm³/mol. The molecular weight excluding hydrogens is 356 g/mol. The highest BCUT2D eigenvalue weighted by atomic mass is 15.9. The van der Waals surface area contributed by atoms with Gasteiger partial charge in [0.1, 0.15) is 5.66 Å². The molecule has 0 aromatic carbocycles. The minimum absolute atomic E-state index is 0.0561. The third-order valence-electron chi connectivity index (χ3n) is 7.88. The van der Waals surface area contributed by atoms with Gasteiger partial charge in [-0.1, -0.05) is 86.0 Å². The van der Waals surface area contributed by atoms with Crippen LogP contribution in [0.5, 0.6) is 0 Å². The molecule has 3 heterocycles. The van der Waals surface area contributed by atoms with Gasteiger partial charge in [-0.05, 0) is 32.1 Å². The van der Waals surface area contributed by atoms with Crippen molar-refractivity contribution in [3.8, 4) is 0 Å². The summed E-state index contributed by atoms with van der Waals surface area (Å²) in [7, 11) is 0. The zero-order valence-corrected chi connectivity index (χ0v) is 20.1. The van der Waals surface area contributed by atoms with Crippen molar-refractivity contribution in [3.63, 3.8) is 0 Å². The molecule has 3 aliphatic heterocycles. The Balaban J connectivity index is 1.98. The molecule has 0 saturated carbocycles. The molecule has 29 heavy (non-hydrogen) atoms. The van der Waals surface area contributed by atoms with Gasteiger partial charge in [0.25, 0.3) is 0 Å². The fourth-order valence-corrected chi connectivity index (χ4v) is 5.98. The van der Waals surface area contributed by atoms with E-state index in [9.17, 15) is 0 Å². The van der Waals surface area contributed by atoms with Crippen molar-refractivity contribution in [2.45, 2.75) is 123 Å². The lowest BCUT2D eigenvalue weighted by molar-refractivity contribution is -0.152. The molecule has 3 saturated heterocycles. The average molecular weight is 406 g/mol. The van der Waals surface area contributed by atoms with Gasteiger partial charge in [-0.25, -0.2) is 5.43 Å². The summed E-state index contributed by atoms with van der Waals surface area (Å²) in [5.74, 6) is 0.0561. The molecule has 4 nitrogen and oxygen atoms in total. The number of hydrogen-bond donors (Lipinski definition) is 1. The standard InChI is InChI=1S/C25H49N4/c1-6-11-15-23(10-5,16-12-7-2)25(27-19-20-27,28-21-22-28)29-24(26-29,17-13-8-3)18-14-9-4/h26H,5-22H2,1-4H3. The van der Waals surface area contributed by atoms with E-state index in [2.05, 4.69) is 54.9 Å². The van der Waals surface area contributed by atoms with E-state index in [1.54, 1.807) is 0 Å². The van der Waals surface area contributed by atoms with E-state index in [4.69, 9.17) is 0 Å². The summed E-state index contributed by atoms with van der Waals surface area (Å²) in [5, 5.41) is 2.79. The van der Waals surface area contributed by atoms with Crippen molar-refractivity contribution < 1.29 is 0 Å². The Morgan fingerprint density at radius 2 is 1.21 bits per heavy atom. The zero-order chi connectivity index (χ0) is 21.0. The third kappa shape index (κ3) is 4.42. The molecule has 0 spiro atoms. The van der Waals surface area contributed by atoms with Crippen molar-refractivity contribution in [3.05, 3.63) is 6.92 Å². The molecule has 3 rings (SSSR count). The van der Waals surface area contributed by atoms with Gasteiger partial charge >= 0.3 is 0 Å². The van der Waals surface area contributed by atoms with Crippen LogP contribution in [0.1, 0.15) is 111 Å². The Morgan fingerprint density at radius 3 is 1.55 bits per heavy atom. The minimum Gasteiger partial charge on any atom is -0.269 e. The number of nitrogens with zero attached hydrogens (tertiary/aromatic N) is 3. The SMILES string of the molecule is [CH2]CC(CCCC)(CCCC)C(N1CC1)(N1CC1)N1NC1(CCCC)CCCC. The lowest BCUT2D eigenvalue weighted by atomic mass is 9.69. The van der Waals surface area contributed by atoms with Gasteiger partial charge in [-0.3, -0.25) is 9.80 Å². The van der Waals surface area contributed by atoms with Crippen molar-refractivity contribution in [1.82, 2.24) is 20.2 Å². The molecular formula is C25H49N4. The van der Waals surface area contributed by atoms with E-state index in [-0.39, 0.29) is 16.9 Å². The highest BCUT2D eigenvalue weighted by Crippen LogP contribution is 2.60. The highest BCUT2D eigenvalue weighted by molar-refractivity contribution is 5.18. The molecule has 1 N–H and O–H groups in total. The molecule has 169 valence electrons. The van der Waals surface area contributed by atoms with E-state index in [1.807, 2.05) is 0 Å². The van der Waals surface area contributed by atoms with E-state index in [0.29, 0.717) is 0 Å². The first kappa shape index (κ1) is 23.5. The number of unbranched alkanes of at least 4 members (excludes halogenated alkanes) is 4. The maximum Gasteiger partial charge on any atom is 0.151 e. The van der Waals surface area contributed by atoms with Crippen molar-refractivity contribution in [2.24, 2.45) is 5.41 Å². The molecule has 4 heteroatoms. The second-order valence-electron chi connectivity index (χ2n) is 10.0. The first-order valence-electron chi connectivity index (χ1n) is 13.0. The fourth-order valence-electron chi connectivity index (χ4n) is 5.98. The summed E-state index contributed by atoms with van der Waals surface area (Å²) in [6.45, 7) is 19.0. The van der Waals surface area contributed by atoms with Crippen molar-refractivity contribution in [2.75, 3.05) is 26.2 Å². The molecule has 0 aliphatic carbocycles. The smallest absolute Gasteiger partial charge is 0.151 e. The van der Waals surface area contributed by atoms with Gasteiger partial charge in [0, 0.05) is 31.6 Å². The van der Waals surface area contributed by atoms with Crippen LogP contribution in [0.4, 0.5) is 0 Å². The largest absolute Gasteiger partial charge is 0.269 e. The molecule has 1 atom stereocenters. The van der Waals surface area contributed by atoms with Crippen LogP contribution >= 0.6 is 0 Å². The van der Waals surface area contributed by atoms with Crippen LogP contribution in [-0.2, 0) is 0 Å². The van der Waals surface area contributed by atoms with Crippen LogP contribution in [0.2, 0.25) is 0 Å². The van der Waals surface area contributed by atoms with Gasteiger partial charge < -0.3 is 0 Å². The number of nitrogens with one attached hydrogen (secondary N) is 1. The number of hydrazine groups is 1. The molecule has 0 aromatic heterocycles. The summed E-state index contributed by atoms with van der Waals surface area (Å²) < 4.78 is 0. The quantitative estimate of drug-likeness (QED) is 0.312. The lowest BCUT2D eigenvalue weighted by Gasteiger charge is -2.54. The highest BCUT2D eigenvalue weighted by Gasteiger charge is 2.73. The summed E-state index contributed by atoms with van der Waals surface area (Å²) in [4.78, 5) is 5.62. The van der Waals surface area contributed by atoms with E-state index in [1.165, 1.54) is 103 Å². The molecule has 1 radical (unpaired) electrons. The van der Waals surface area contributed by atoms with Crippen LogP contribution in [0, 0.1) is 12.3 Å². The Hall–Kier alpha value is -0.160. The van der Waals surface area contributed by atoms with Gasteiger partial charge in [-0.15, -0.1) is 0 Å². The minimum atomic E-state index is 0.0561. The fraction of sp³-hybridized carbons (Fsp3) is 0.960. The summed E-state index contributed by atoms with van der Waals surface area (Å²) in [6, 6.07) is 0. The maximum atomic E-state index is 4.62. The Labute approximate surface area is 181 Å². The first-order valence-corrected chi connectivity index (χ1v) is 13.0. The summed E-state index contributed by atoms with van der Waals surface area (Å²) in [5.41, 5.74) is 4.53. The van der Waals surface area contributed by atoms with Gasteiger partial charge in [0.05, 0.1) is 0 Å². The Morgan fingerprint density at radius 1 is 0.759 bits per heavy atom. The normalized spacial score (nSPS) is 24.1. The number of rotatable bonds is 17. The maximum absolute atomic E-state index is 4.62. The second kappa shape index (κ2) is 9.97. The van der Waals surface area contributed by atoms with Gasteiger partial charge in [0.15, 0.2) is 5.79 Å². The second-order valence-corrected chi connectivity index (χ2v) is 10.0. The van der Waals surface area contributed by atoms with E-state index < -0.39 is 0 Å². The van der Waals surface area contributed by atoms with E-state index in [0.717, 1.165) is 6.42 Å². The molecule has 0 amide bonds. The average Bonchev–Trinajstić information content (AvgIpc) is 3.60. The molecule has 3 fully saturated rings. The Kier molecular flexibility index (Phi) is 8.08. The lowest BCUT2D eigenvalue weighted by Crippen LogP contribution is -2.66. The predicted octanol–water partition coefficient (Wildman–Crippen LogP) is 5.76. The van der Waals surface area contributed by atoms with E-state index >= 15 is 0 Å². The van der Waals surface area contributed by atoms with Crippen LogP contribution in [0.15, 0.2) is 0 Å². The van der Waals surface area contributed by atoms with Crippen LogP contribution < -0.4 is 5.43 Å². The zero-order valence-electron chi connectivity index (χ0n) is 20.1. The molecule has 0 bridgehead atoms. The summed E-state index contributed by atoms with van der Waals surface area (Å²) >= 11 is 0. The van der Waals surface area contributed by atoms with Gasteiger partial charge in [0.2, 0.25) is 0 Å². The van der Waals surface area contributed by atoms with Crippen molar-refractivity contribution in [1.29, 1.82) is 0 Å². The van der Waals surface area contributed by atoms with Gasteiger partial charge in [-0.2, -0.15) is 5.01 Å².